The van der Waals surface area contributed by atoms with E-state index in [0.29, 0.717) is 18.3 Å². The van der Waals surface area contributed by atoms with Gasteiger partial charge in [-0.2, -0.15) is 0 Å². The first-order chi connectivity index (χ1) is 17.2. The summed E-state index contributed by atoms with van der Waals surface area (Å²) in [5.74, 6) is 3.01. The summed E-state index contributed by atoms with van der Waals surface area (Å²) in [6, 6.07) is 15.2. The lowest BCUT2D eigenvalue weighted by Crippen LogP contribution is -2.39. The fourth-order valence-corrected chi connectivity index (χ4v) is 5.59. The number of hydrogen-bond donors (Lipinski definition) is 0. The third-order valence-corrected chi connectivity index (χ3v) is 7.63. The van der Waals surface area contributed by atoms with Gasteiger partial charge in [-0.15, -0.1) is 0 Å². The number of nitrogens with zero attached hydrogens (tertiary/aromatic N) is 2. The zero-order valence-electron chi connectivity index (χ0n) is 22.9. The average Bonchev–Trinajstić information content (AvgIpc) is 2.86. The van der Waals surface area contributed by atoms with Crippen LogP contribution in [0.2, 0.25) is 0 Å². The van der Waals surface area contributed by atoms with E-state index in [-0.39, 0.29) is 11.3 Å². The Labute approximate surface area is 217 Å². The first-order valence-electron chi connectivity index (χ1n) is 13.5. The lowest BCUT2D eigenvalue weighted by molar-refractivity contribution is -0.120. The maximum atomic E-state index is 13.7. The highest BCUT2D eigenvalue weighted by Gasteiger charge is 2.29. The minimum absolute atomic E-state index is 0.0703. The maximum Gasteiger partial charge on any atom is 0.228 e. The third kappa shape index (κ3) is 6.08. The fraction of sp³-hybridized carbons (Fsp3) is 0.500. The largest absolute Gasteiger partial charge is 0.496 e. The van der Waals surface area contributed by atoms with Crippen LogP contribution in [-0.2, 0) is 11.2 Å². The van der Waals surface area contributed by atoms with Crippen molar-refractivity contribution in [3.8, 4) is 5.75 Å². The predicted octanol–water partition coefficient (Wildman–Crippen LogP) is 7.86. The Balaban J connectivity index is 1.55. The minimum atomic E-state index is -0.0703. The molecule has 1 aliphatic carbocycles. The highest BCUT2D eigenvalue weighted by Crippen LogP contribution is 2.38. The SMILES string of the molecule is CCc1ccc2c(N(CC3CCC(c4ccc(OC)c(C)c4)CC3)C(=O)CC(C)(C)C)nccc2c1. The van der Waals surface area contributed by atoms with Gasteiger partial charge in [-0.3, -0.25) is 9.69 Å². The molecular formula is C32H42N2O2. The minimum Gasteiger partial charge on any atom is -0.496 e. The first-order valence-corrected chi connectivity index (χ1v) is 13.5. The summed E-state index contributed by atoms with van der Waals surface area (Å²) in [7, 11) is 1.73. The van der Waals surface area contributed by atoms with Crippen LogP contribution in [-0.4, -0.2) is 24.5 Å². The number of ether oxygens (including phenoxy) is 1. The highest BCUT2D eigenvalue weighted by molar-refractivity contribution is 6.02. The molecule has 0 atom stereocenters. The van der Waals surface area contributed by atoms with Crippen LogP contribution in [0.25, 0.3) is 10.8 Å². The smallest absolute Gasteiger partial charge is 0.228 e. The molecule has 1 aromatic heterocycles. The Morgan fingerprint density at radius 2 is 1.81 bits per heavy atom. The summed E-state index contributed by atoms with van der Waals surface area (Å²) in [6.45, 7) is 11.4. The van der Waals surface area contributed by atoms with Crippen LogP contribution >= 0.6 is 0 Å². The van der Waals surface area contributed by atoms with E-state index in [0.717, 1.165) is 61.0 Å². The van der Waals surface area contributed by atoms with Gasteiger partial charge in [0, 0.05) is 24.5 Å². The van der Waals surface area contributed by atoms with Gasteiger partial charge in [0.05, 0.1) is 7.11 Å². The van der Waals surface area contributed by atoms with E-state index in [1.54, 1.807) is 7.11 Å². The standard InChI is InChI=1S/C32H42N2O2/c1-7-23-10-14-28-27(19-23)16-17-33-31(28)34(30(35)20-32(3,4)5)21-24-8-11-25(12-9-24)26-13-15-29(36-6)22(2)18-26/h10,13-19,24-25H,7-9,11-12,20-21H2,1-6H3. The predicted molar refractivity (Wildman–Crippen MR) is 150 cm³/mol. The molecule has 0 bridgehead atoms. The summed E-state index contributed by atoms with van der Waals surface area (Å²) >= 11 is 0. The first kappa shape index (κ1) is 26.2. The molecule has 3 aromatic rings. The number of anilines is 1. The van der Waals surface area contributed by atoms with Crippen molar-refractivity contribution in [2.75, 3.05) is 18.6 Å². The molecule has 0 aliphatic heterocycles. The van der Waals surface area contributed by atoms with Gasteiger partial charge in [-0.05, 0) is 90.5 Å². The van der Waals surface area contributed by atoms with Crippen molar-refractivity contribution >= 4 is 22.5 Å². The average molecular weight is 487 g/mol. The van der Waals surface area contributed by atoms with E-state index in [1.807, 2.05) is 11.1 Å². The second kappa shape index (κ2) is 11.0. The molecule has 0 spiro atoms. The number of aromatic nitrogens is 1. The van der Waals surface area contributed by atoms with Crippen LogP contribution in [0.4, 0.5) is 5.82 Å². The third-order valence-electron chi connectivity index (χ3n) is 7.63. The van der Waals surface area contributed by atoms with Crippen molar-refractivity contribution in [2.24, 2.45) is 11.3 Å². The van der Waals surface area contributed by atoms with Crippen LogP contribution in [0.15, 0.2) is 48.7 Å². The van der Waals surface area contributed by atoms with Gasteiger partial charge >= 0.3 is 0 Å². The number of benzene rings is 2. The molecule has 0 N–H and O–H groups in total. The van der Waals surface area contributed by atoms with Crippen molar-refractivity contribution in [1.29, 1.82) is 0 Å². The Hall–Kier alpha value is -2.88. The van der Waals surface area contributed by atoms with Crippen molar-refractivity contribution in [3.05, 3.63) is 65.4 Å². The van der Waals surface area contributed by atoms with Crippen molar-refractivity contribution < 1.29 is 9.53 Å². The lowest BCUT2D eigenvalue weighted by atomic mass is 9.78. The number of hydrogen-bond acceptors (Lipinski definition) is 3. The summed E-state index contributed by atoms with van der Waals surface area (Å²) in [4.78, 5) is 20.4. The van der Waals surface area contributed by atoms with Crippen LogP contribution in [0.1, 0.15) is 82.4 Å². The van der Waals surface area contributed by atoms with Gasteiger partial charge < -0.3 is 4.74 Å². The quantitative estimate of drug-likeness (QED) is 0.341. The number of carbonyl (C=O) groups excluding carboxylic acids is 1. The molecule has 0 radical (unpaired) electrons. The lowest BCUT2D eigenvalue weighted by Gasteiger charge is -2.34. The second-order valence-electron chi connectivity index (χ2n) is 11.7. The fourth-order valence-electron chi connectivity index (χ4n) is 5.59. The van der Waals surface area contributed by atoms with Gasteiger partial charge in [-0.1, -0.05) is 58.0 Å². The zero-order valence-corrected chi connectivity index (χ0v) is 22.9. The molecule has 192 valence electrons. The highest BCUT2D eigenvalue weighted by atomic mass is 16.5. The van der Waals surface area contributed by atoms with Crippen LogP contribution in [0, 0.1) is 18.3 Å². The van der Waals surface area contributed by atoms with Gasteiger partial charge in [-0.25, -0.2) is 4.98 Å². The Bertz CT molecular complexity index is 1200. The van der Waals surface area contributed by atoms with Crippen molar-refractivity contribution in [3.63, 3.8) is 0 Å². The van der Waals surface area contributed by atoms with Gasteiger partial charge in [0.15, 0.2) is 0 Å². The molecule has 4 nitrogen and oxygen atoms in total. The van der Waals surface area contributed by atoms with E-state index in [2.05, 4.69) is 77.1 Å². The van der Waals surface area contributed by atoms with Gasteiger partial charge in [0.25, 0.3) is 0 Å². The van der Waals surface area contributed by atoms with E-state index in [4.69, 9.17) is 9.72 Å². The summed E-state index contributed by atoms with van der Waals surface area (Å²) < 4.78 is 5.45. The van der Waals surface area contributed by atoms with Crippen LogP contribution in [0.3, 0.4) is 0 Å². The van der Waals surface area contributed by atoms with Crippen LogP contribution < -0.4 is 9.64 Å². The van der Waals surface area contributed by atoms with Crippen molar-refractivity contribution in [2.45, 2.75) is 79.1 Å². The molecular weight excluding hydrogens is 444 g/mol. The molecule has 36 heavy (non-hydrogen) atoms. The molecule has 1 aliphatic rings. The maximum absolute atomic E-state index is 13.7. The van der Waals surface area contributed by atoms with Crippen LogP contribution in [0.5, 0.6) is 5.75 Å². The molecule has 1 fully saturated rings. The number of fused-ring (bicyclic) bond motifs is 1. The van der Waals surface area contributed by atoms with E-state index in [9.17, 15) is 4.79 Å². The molecule has 2 aromatic carbocycles. The molecule has 4 heteroatoms. The number of methoxy groups -OCH3 is 1. The number of rotatable bonds is 7. The Kier molecular flexibility index (Phi) is 8.02. The number of pyridine rings is 1. The Morgan fingerprint density at radius 3 is 2.44 bits per heavy atom. The normalized spacial score (nSPS) is 18.3. The van der Waals surface area contributed by atoms with E-state index in [1.165, 1.54) is 16.7 Å². The topological polar surface area (TPSA) is 42.4 Å². The molecule has 0 saturated heterocycles. The monoisotopic (exact) mass is 486 g/mol. The van der Waals surface area contributed by atoms with Gasteiger partial charge in [0.2, 0.25) is 5.91 Å². The van der Waals surface area contributed by atoms with Gasteiger partial charge in [0.1, 0.15) is 11.6 Å². The number of carbonyl (C=O) groups is 1. The summed E-state index contributed by atoms with van der Waals surface area (Å²) in [5.41, 5.74) is 3.85. The second-order valence-corrected chi connectivity index (χ2v) is 11.7. The Morgan fingerprint density at radius 1 is 1.06 bits per heavy atom. The molecule has 4 rings (SSSR count). The molecule has 1 heterocycles. The van der Waals surface area contributed by atoms with E-state index < -0.39 is 0 Å². The summed E-state index contributed by atoms with van der Waals surface area (Å²) in [5, 5.41) is 2.23. The summed E-state index contributed by atoms with van der Waals surface area (Å²) in [6.07, 6.45) is 7.92. The number of aryl methyl sites for hydroxylation is 2. The molecule has 1 saturated carbocycles. The molecule has 0 unspecified atom stereocenters. The van der Waals surface area contributed by atoms with Crippen molar-refractivity contribution in [1.82, 2.24) is 4.98 Å². The zero-order chi connectivity index (χ0) is 25.9. The number of amides is 1. The van der Waals surface area contributed by atoms with E-state index >= 15 is 0 Å². The molecule has 1 amide bonds.